The molecule has 4 rings (SSSR count). The standard InChI is InChI=1S/C26H29F6N5O3/c1-17(15-34-10-12-35(13-11-34)21-5-2-18(3-6-21)25(27,28)29)24(38)36-9-8-20(16-36)33-19-4-7-23(37(39)40)22(14-19)26(30,31)32/h2-7,14,17,20,33H,8-13,15-16H2,1H3/t17?,20-/m0/s1. The van der Waals surface area contributed by atoms with Crippen LogP contribution in [0.25, 0.3) is 0 Å². The van der Waals surface area contributed by atoms with Gasteiger partial charge in [0.25, 0.3) is 5.69 Å². The largest absolute Gasteiger partial charge is 0.423 e. The van der Waals surface area contributed by atoms with Crippen LogP contribution in [0.2, 0.25) is 0 Å². The molecule has 0 spiro atoms. The molecule has 1 amide bonds. The SMILES string of the molecule is CC(CN1CCN(c2ccc(C(F)(F)F)cc2)CC1)C(=O)N1CC[C@H](Nc2ccc([N+](=O)[O-])c(C(F)(F)F)c2)C1. The lowest BCUT2D eigenvalue weighted by Crippen LogP contribution is -2.49. The zero-order valence-electron chi connectivity index (χ0n) is 21.6. The zero-order chi connectivity index (χ0) is 29.2. The Morgan fingerprint density at radius 1 is 1.00 bits per heavy atom. The van der Waals surface area contributed by atoms with E-state index in [0.29, 0.717) is 57.9 Å². The predicted molar refractivity (Wildman–Crippen MR) is 136 cm³/mol. The van der Waals surface area contributed by atoms with Gasteiger partial charge in [0, 0.05) is 75.2 Å². The van der Waals surface area contributed by atoms with Crippen molar-refractivity contribution in [1.82, 2.24) is 9.80 Å². The molecule has 40 heavy (non-hydrogen) atoms. The fraction of sp³-hybridized carbons (Fsp3) is 0.500. The summed E-state index contributed by atoms with van der Waals surface area (Å²) in [5.41, 5.74) is -2.24. The van der Waals surface area contributed by atoms with E-state index in [2.05, 4.69) is 10.2 Å². The van der Waals surface area contributed by atoms with Gasteiger partial charge >= 0.3 is 12.4 Å². The minimum atomic E-state index is -4.88. The first-order chi connectivity index (χ1) is 18.7. The van der Waals surface area contributed by atoms with Crippen molar-refractivity contribution >= 4 is 23.0 Å². The van der Waals surface area contributed by atoms with Gasteiger partial charge < -0.3 is 15.1 Å². The number of benzene rings is 2. The van der Waals surface area contributed by atoms with Crippen LogP contribution in [0.4, 0.5) is 43.4 Å². The van der Waals surface area contributed by atoms with Crippen LogP contribution in [0.1, 0.15) is 24.5 Å². The first-order valence-electron chi connectivity index (χ1n) is 12.8. The van der Waals surface area contributed by atoms with E-state index < -0.39 is 34.1 Å². The van der Waals surface area contributed by atoms with E-state index in [9.17, 15) is 41.3 Å². The van der Waals surface area contributed by atoms with E-state index >= 15 is 0 Å². The van der Waals surface area contributed by atoms with E-state index in [1.165, 1.54) is 18.2 Å². The van der Waals surface area contributed by atoms with Crippen molar-refractivity contribution < 1.29 is 36.1 Å². The zero-order valence-corrected chi connectivity index (χ0v) is 21.6. The van der Waals surface area contributed by atoms with E-state index in [1.54, 1.807) is 4.90 Å². The molecule has 2 aliphatic rings. The molecule has 1 unspecified atom stereocenters. The van der Waals surface area contributed by atoms with Crippen molar-refractivity contribution in [3.05, 3.63) is 63.7 Å². The van der Waals surface area contributed by atoms with Gasteiger partial charge in [-0.3, -0.25) is 19.8 Å². The molecule has 8 nitrogen and oxygen atoms in total. The number of nitrogens with zero attached hydrogens (tertiary/aromatic N) is 4. The normalized spacial score (nSPS) is 19.5. The highest BCUT2D eigenvalue weighted by molar-refractivity contribution is 5.79. The fourth-order valence-electron chi connectivity index (χ4n) is 5.15. The number of nitro groups is 1. The number of alkyl halides is 6. The molecule has 0 bridgehead atoms. The second-order valence-electron chi connectivity index (χ2n) is 10.1. The maximum absolute atomic E-state index is 13.3. The molecule has 2 atom stereocenters. The van der Waals surface area contributed by atoms with Crippen LogP contribution in [0.3, 0.4) is 0 Å². The first kappa shape index (κ1) is 29.4. The molecule has 1 N–H and O–H groups in total. The molecular weight excluding hydrogens is 544 g/mol. The van der Waals surface area contributed by atoms with Crippen molar-refractivity contribution in [3.63, 3.8) is 0 Å². The molecule has 2 aromatic rings. The van der Waals surface area contributed by atoms with Gasteiger partial charge in [-0.05, 0) is 42.8 Å². The van der Waals surface area contributed by atoms with E-state index in [4.69, 9.17) is 0 Å². The Kier molecular flexibility index (Phi) is 8.47. The van der Waals surface area contributed by atoms with Gasteiger partial charge in [0.1, 0.15) is 5.56 Å². The van der Waals surface area contributed by atoms with Crippen molar-refractivity contribution in [3.8, 4) is 0 Å². The number of anilines is 2. The molecule has 218 valence electrons. The highest BCUT2D eigenvalue weighted by atomic mass is 19.4. The summed E-state index contributed by atoms with van der Waals surface area (Å²) in [6.07, 6.45) is -8.74. The molecule has 14 heteroatoms. The third kappa shape index (κ3) is 6.95. The number of halogens is 6. The van der Waals surface area contributed by atoms with Crippen molar-refractivity contribution in [2.75, 3.05) is 56.0 Å². The quantitative estimate of drug-likeness (QED) is 0.282. The number of amides is 1. The van der Waals surface area contributed by atoms with Gasteiger partial charge in [0.05, 0.1) is 10.5 Å². The average molecular weight is 574 g/mol. The summed E-state index contributed by atoms with van der Waals surface area (Å²) in [5, 5.41) is 13.9. The Morgan fingerprint density at radius 3 is 2.23 bits per heavy atom. The number of rotatable bonds is 7. The second kappa shape index (κ2) is 11.5. The number of carbonyl (C=O) groups is 1. The smallest absolute Gasteiger partial charge is 0.380 e. The molecular formula is C26H29F6N5O3. The average Bonchev–Trinajstić information content (AvgIpc) is 3.36. The van der Waals surface area contributed by atoms with E-state index in [0.717, 1.165) is 24.3 Å². The minimum absolute atomic E-state index is 0.0749. The number of carbonyl (C=O) groups excluding carboxylic acids is 1. The molecule has 2 aliphatic heterocycles. The van der Waals surface area contributed by atoms with E-state index in [-0.39, 0.29) is 23.6 Å². The lowest BCUT2D eigenvalue weighted by atomic mass is 10.1. The summed E-state index contributed by atoms with van der Waals surface area (Å²) in [6, 6.07) is 7.52. The van der Waals surface area contributed by atoms with Gasteiger partial charge in [-0.25, -0.2) is 0 Å². The van der Waals surface area contributed by atoms with Crippen molar-refractivity contribution in [2.24, 2.45) is 5.92 Å². The van der Waals surface area contributed by atoms with Crippen LogP contribution in [0.5, 0.6) is 0 Å². The lowest BCUT2D eigenvalue weighted by Gasteiger charge is -2.37. The molecule has 0 aromatic heterocycles. The summed E-state index contributed by atoms with van der Waals surface area (Å²) in [5.74, 6) is -0.401. The molecule has 0 radical (unpaired) electrons. The van der Waals surface area contributed by atoms with Gasteiger partial charge in [-0.1, -0.05) is 6.92 Å². The van der Waals surface area contributed by atoms with Crippen LogP contribution < -0.4 is 10.2 Å². The number of piperazine rings is 1. The Hall–Kier alpha value is -3.55. The number of likely N-dealkylation sites (tertiary alicyclic amines) is 1. The van der Waals surface area contributed by atoms with Crippen molar-refractivity contribution in [1.29, 1.82) is 0 Å². The van der Waals surface area contributed by atoms with Crippen LogP contribution in [-0.4, -0.2) is 72.5 Å². The summed E-state index contributed by atoms with van der Waals surface area (Å²) < 4.78 is 78.3. The fourth-order valence-corrected chi connectivity index (χ4v) is 5.15. The predicted octanol–water partition coefficient (Wildman–Crippen LogP) is 5.10. The monoisotopic (exact) mass is 573 g/mol. The number of hydrogen-bond acceptors (Lipinski definition) is 6. The topological polar surface area (TPSA) is 82.0 Å². The summed E-state index contributed by atoms with van der Waals surface area (Å²) in [7, 11) is 0. The summed E-state index contributed by atoms with van der Waals surface area (Å²) in [6.45, 7) is 5.55. The highest BCUT2D eigenvalue weighted by Gasteiger charge is 2.39. The Bertz CT molecular complexity index is 1210. The first-order valence-corrected chi connectivity index (χ1v) is 12.8. The van der Waals surface area contributed by atoms with Crippen LogP contribution in [0, 0.1) is 16.0 Å². The second-order valence-corrected chi connectivity index (χ2v) is 10.1. The third-order valence-corrected chi connectivity index (χ3v) is 7.26. The maximum Gasteiger partial charge on any atom is 0.423 e. The van der Waals surface area contributed by atoms with Gasteiger partial charge in [-0.2, -0.15) is 26.3 Å². The van der Waals surface area contributed by atoms with Gasteiger partial charge in [0.15, 0.2) is 0 Å². The van der Waals surface area contributed by atoms with Gasteiger partial charge in [0.2, 0.25) is 5.91 Å². The summed E-state index contributed by atoms with van der Waals surface area (Å²) >= 11 is 0. The van der Waals surface area contributed by atoms with E-state index in [1.807, 2.05) is 11.8 Å². The maximum atomic E-state index is 13.3. The lowest BCUT2D eigenvalue weighted by molar-refractivity contribution is -0.388. The van der Waals surface area contributed by atoms with Crippen LogP contribution >= 0.6 is 0 Å². The number of nitrogens with one attached hydrogen (secondary N) is 1. The van der Waals surface area contributed by atoms with Crippen molar-refractivity contribution in [2.45, 2.75) is 31.7 Å². The molecule has 2 heterocycles. The molecule has 2 aromatic carbocycles. The molecule has 0 aliphatic carbocycles. The molecule has 0 saturated carbocycles. The van der Waals surface area contributed by atoms with Crippen LogP contribution in [-0.2, 0) is 17.1 Å². The third-order valence-electron chi connectivity index (χ3n) is 7.26. The minimum Gasteiger partial charge on any atom is -0.380 e. The van der Waals surface area contributed by atoms with Crippen LogP contribution in [0.15, 0.2) is 42.5 Å². The molecule has 2 saturated heterocycles. The molecule has 2 fully saturated rings. The number of nitro benzene ring substituents is 1. The summed E-state index contributed by atoms with van der Waals surface area (Å²) in [4.78, 5) is 28.8. The Morgan fingerprint density at radius 2 is 1.65 bits per heavy atom. The Labute approximate surface area is 226 Å². The Balaban J connectivity index is 1.26. The van der Waals surface area contributed by atoms with Gasteiger partial charge in [-0.15, -0.1) is 0 Å². The number of hydrogen-bond donors (Lipinski definition) is 1. The highest BCUT2D eigenvalue weighted by Crippen LogP contribution is 2.38.